The first-order chi connectivity index (χ1) is 4.30. The van der Waals surface area contributed by atoms with E-state index in [0.717, 1.165) is 0 Å². The third kappa shape index (κ3) is 2.94. The molecule has 0 unspecified atom stereocenters. The average Bonchev–Trinajstić information content (AvgIpc) is 1.90. The van der Waals surface area contributed by atoms with Gasteiger partial charge in [-0.2, -0.15) is 0 Å². The van der Waals surface area contributed by atoms with Crippen molar-refractivity contribution in [3.63, 3.8) is 0 Å². The zero-order valence-electron chi connectivity index (χ0n) is 5.87. The molecule has 0 saturated carbocycles. The molecule has 0 aliphatic rings. The van der Waals surface area contributed by atoms with Gasteiger partial charge in [0.15, 0.2) is 0 Å². The summed E-state index contributed by atoms with van der Waals surface area (Å²) in [4.78, 5) is 3.77. The fraction of sp³-hybridized carbons (Fsp3) is 0. The van der Waals surface area contributed by atoms with E-state index in [1.54, 1.807) is 24.4 Å². The Bertz CT molecular complexity index is 210. The standard InChI is InChI=1S/C7H7NO.K/c1-6(9)7-4-2-3-5-8-7;/h2-5,9H,1H2;/q;+1/p-1. The van der Waals surface area contributed by atoms with Gasteiger partial charge >= 0.3 is 51.4 Å². The van der Waals surface area contributed by atoms with E-state index in [1.165, 1.54) is 0 Å². The predicted molar refractivity (Wildman–Crippen MR) is 33.3 cm³/mol. The fourth-order valence-corrected chi connectivity index (χ4v) is 0.528. The van der Waals surface area contributed by atoms with Crippen molar-refractivity contribution >= 4 is 5.76 Å². The van der Waals surface area contributed by atoms with Gasteiger partial charge in [-0.1, -0.05) is 11.8 Å². The second kappa shape index (κ2) is 5.04. The molecule has 0 radical (unpaired) electrons. The van der Waals surface area contributed by atoms with E-state index >= 15 is 0 Å². The van der Waals surface area contributed by atoms with E-state index in [1.807, 2.05) is 0 Å². The molecule has 3 heteroatoms. The quantitative estimate of drug-likeness (QED) is 0.333. The van der Waals surface area contributed by atoms with E-state index in [9.17, 15) is 5.11 Å². The summed E-state index contributed by atoms with van der Waals surface area (Å²) in [6, 6.07) is 5.15. The van der Waals surface area contributed by atoms with Gasteiger partial charge in [-0.25, -0.2) is 0 Å². The number of nitrogens with zero attached hydrogens (tertiary/aromatic N) is 1. The van der Waals surface area contributed by atoms with Crippen molar-refractivity contribution in [2.75, 3.05) is 0 Å². The summed E-state index contributed by atoms with van der Waals surface area (Å²) in [5.41, 5.74) is 0.414. The van der Waals surface area contributed by atoms with Crippen molar-refractivity contribution in [2.24, 2.45) is 0 Å². The summed E-state index contributed by atoms with van der Waals surface area (Å²) in [6.07, 6.45) is 1.57. The minimum atomic E-state index is -0.240. The number of rotatable bonds is 1. The summed E-state index contributed by atoms with van der Waals surface area (Å²) in [5, 5.41) is 10.5. The van der Waals surface area contributed by atoms with Crippen LogP contribution in [0.1, 0.15) is 5.69 Å². The third-order valence-corrected chi connectivity index (χ3v) is 0.951. The SMILES string of the molecule is C=C([O-])c1ccccn1.[K+]. The molecule has 0 saturated heterocycles. The van der Waals surface area contributed by atoms with Gasteiger partial charge in [0.25, 0.3) is 0 Å². The number of aromatic nitrogens is 1. The Morgan fingerprint density at radius 3 is 2.50 bits per heavy atom. The maximum atomic E-state index is 10.5. The zero-order valence-corrected chi connectivity index (χ0v) is 9.00. The summed E-state index contributed by atoms with van der Waals surface area (Å²) < 4.78 is 0. The maximum Gasteiger partial charge on any atom is 1.00 e. The number of hydrogen-bond donors (Lipinski definition) is 0. The van der Waals surface area contributed by atoms with Crippen LogP contribution < -0.4 is 56.5 Å². The second-order valence-corrected chi connectivity index (χ2v) is 1.64. The molecule has 0 N–H and O–H groups in total. The van der Waals surface area contributed by atoms with Crippen molar-refractivity contribution in [2.45, 2.75) is 0 Å². The molecular formula is C7H6KNO. The van der Waals surface area contributed by atoms with Crippen LogP contribution in [0.4, 0.5) is 0 Å². The molecule has 2 nitrogen and oxygen atoms in total. The van der Waals surface area contributed by atoms with Crippen LogP contribution in [0.5, 0.6) is 0 Å². The van der Waals surface area contributed by atoms with Gasteiger partial charge < -0.3 is 5.11 Å². The molecule has 0 bridgehead atoms. The largest absolute Gasteiger partial charge is 1.00 e. The molecule has 0 amide bonds. The van der Waals surface area contributed by atoms with E-state index < -0.39 is 0 Å². The van der Waals surface area contributed by atoms with Crippen LogP contribution in [0.25, 0.3) is 5.76 Å². The summed E-state index contributed by atoms with van der Waals surface area (Å²) in [6.45, 7) is 3.21. The van der Waals surface area contributed by atoms with Crippen LogP contribution >= 0.6 is 0 Å². The van der Waals surface area contributed by atoms with Crippen LogP contribution in [-0.4, -0.2) is 4.98 Å². The molecule has 1 aromatic rings. The molecule has 0 aliphatic heterocycles. The van der Waals surface area contributed by atoms with E-state index in [0.29, 0.717) is 5.69 Å². The minimum absolute atomic E-state index is 0. The van der Waals surface area contributed by atoms with Crippen LogP contribution in [0.15, 0.2) is 31.0 Å². The van der Waals surface area contributed by atoms with E-state index in [4.69, 9.17) is 0 Å². The van der Waals surface area contributed by atoms with Crippen molar-refractivity contribution in [1.29, 1.82) is 0 Å². The van der Waals surface area contributed by atoms with Gasteiger partial charge in [0, 0.05) is 6.20 Å². The van der Waals surface area contributed by atoms with Gasteiger partial charge in [0.2, 0.25) is 0 Å². The van der Waals surface area contributed by atoms with Crippen molar-refractivity contribution < 1.29 is 56.5 Å². The molecule has 0 atom stereocenters. The topological polar surface area (TPSA) is 36.0 Å². The molecule has 0 aromatic carbocycles. The molecule has 46 valence electrons. The first-order valence-electron chi connectivity index (χ1n) is 2.58. The smallest absolute Gasteiger partial charge is 0.871 e. The van der Waals surface area contributed by atoms with Gasteiger partial charge in [0.05, 0.1) is 5.69 Å². The summed E-state index contributed by atoms with van der Waals surface area (Å²) in [7, 11) is 0. The Balaban J connectivity index is 0.000000810. The second-order valence-electron chi connectivity index (χ2n) is 1.64. The molecule has 1 aromatic heterocycles. The molecule has 0 aliphatic carbocycles. The molecule has 0 fully saturated rings. The Morgan fingerprint density at radius 1 is 1.50 bits per heavy atom. The van der Waals surface area contributed by atoms with E-state index in [2.05, 4.69) is 11.6 Å². The normalized spacial score (nSPS) is 8.00. The van der Waals surface area contributed by atoms with Crippen LogP contribution in [0, 0.1) is 0 Å². The molecule has 10 heavy (non-hydrogen) atoms. The molecule has 1 heterocycles. The molecule has 0 spiro atoms. The molecule has 1 rings (SSSR count). The predicted octanol–water partition coefficient (Wildman–Crippen LogP) is -2.58. The van der Waals surface area contributed by atoms with Gasteiger partial charge in [-0.05, 0) is 12.1 Å². The molecular weight excluding hydrogens is 153 g/mol. The van der Waals surface area contributed by atoms with Crippen LogP contribution in [0.3, 0.4) is 0 Å². The zero-order chi connectivity index (χ0) is 6.69. The third-order valence-electron chi connectivity index (χ3n) is 0.951. The van der Waals surface area contributed by atoms with Crippen LogP contribution in [0.2, 0.25) is 0 Å². The Labute approximate surface area is 102 Å². The first-order valence-corrected chi connectivity index (χ1v) is 2.58. The number of hydrogen-bond acceptors (Lipinski definition) is 2. The van der Waals surface area contributed by atoms with Crippen molar-refractivity contribution in [3.8, 4) is 0 Å². The fourth-order valence-electron chi connectivity index (χ4n) is 0.528. The van der Waals surface area contributed by atoms with E-state index in [-0.39, 0.29) is 57.1 Å². The van der Waals surface area contributed by atoms with Gasteiger partial charge in [-0.3, -0.25) is 4.98 Å². The van der Waals surface area contributed by atoms with Crippen LogP contribution in [-0.2, 0) is 0 Å². The Kier molecular flexibility index (Phi) is 5.20. The van der Waals surface area contributed by atoms with Crippen molar-refractivity contribution in [1.82, 2.24) is 4.98 Å². The van der Waals surface area contributed by atoms with Gasteiger partial charge in [-0.15, -0.1) is 6.58 Å². The van der Waals surface area contributed by atoms with Crippen molar-refractivity contribution in [3.05, 3.63) is 36.7 Å². The first kappa shape index (κ1) is 10.3. The maximum absolute atomic E-state index is 10.5. The monoisotopic (exact) mass is 159 g/mol. The minimum Gasteiger partial charge on any atom is -0.871 e. The number of pyridine rings is 1. The van der Waals surface area contributed by atoms with Gasteiger partial charge in [0.1, 0.15) is 0 Å². The average molecular weight is 159 g/mol. The Hall–Kier alpha value is 0.326. The Morgan fingerprint density at radius 2 is 2.20 bits per heavy atom. The summed E-state index contributed by atoms with van der Waals surface area (Å²) in [5.74, 6) is -0.240. The summed E-state index contributed by atoms with van der Waals surface area (Å²) >= 11 is 0.